The number of nitrogens with one attached hydrogen (secondary N) is 1. The third-order valence-corrected chi connectivity index (χ3v) is 2.59. The van der Waals surface area contributed by atoms with Crippen molar-refractivity contribution in [2.45, 2.75) is 20.4 Å². The Bertz CT molecular complexity index is 653. The van der Waals surface area contributed by atoms with Crippen LogP contribution in [0.4, 0.5) is 5.69 Å². The van der Waals surface area contributed by atoms with E-state index in [0.29, 0.717) is 5.69 Å². The lowest BCUT2D eigenvalue weighted by atomic mass is 10.2. The molecule has 0 saturated carbocycles. The van der Waals surface area contributed by atoms with Crippen LogP contribution in [0.2, 0.25) is 0 Å². The molecule has 21 heavy (non-hydrogen) atoms. The molecule has 2 aromatic rings. The van der Waals surface area contributed by atoms with Gasteiger partial charge in [-0.3, -0.25) is 4.79 Å². The lowest BCUT2D eigenvalue weighted by Gasteiger charge is -2.06. The fourth-order valence-electron chi connectivity index (χ4n) is 1.71. The van der Waals surface area contributed by atoms with E-state index in [2.05, 4.69) is 20.8 Å². The van der Waals surface area contributed by atoms with E-state index in [4.69, 9.17) is 4.74 Å². The number of amides is 1. The molecular formula is C13H15N5O3. The molecule has 0 saturated heterocycles. The van der Waals surface area contributed by atoms with Gasteiger partial charge in [0.15, 0.2) is 0 Å². The molecule has 8 nitrogen and oxygen atoms in total. The maximum absolute atomic E-state index is 11.9. The van der Waals surface area contributed by atoms with Crippen molar-refractivity contribution in [3.05, 3.63) is 35.7 Å². The highest BCUT2D eigenvalue weighted by Crippen LogP contribution is 2.09. The van der Waals surface area contributed by atoms with Gasteiger partial charge in [0.1, 0.15) is 6.54 Å². The quantitative estimate of drug-likeness (QED) is 0.817. The summed E-state index contributed by atoms with van der Waals surface area (Å²) >= 11 is 0. The lowest BCUT2D eigenvalue weighted by Crippen LogP contribution is -2.23. The van der Waals surface area contributed by atoms with Crippen molar-refractivity contribution >= 4 is 17.6 Å². The Balaban J connectivity index is 2.03. The fraction of sp³-hybridized carbons (Fsp3) is 0.308. The van der Waals surface area contributed by atoms with E-state index in [0.717, 1.165) is 10.2 Å². The molecule has 0 bridgehead atoms. The summed E-state index contributed by atoms with van der Waals surface area (Å²) in [6.07, 6.45) is 0. The van der Waals surface area contributed by atoms with Gasteiger partial charge in [0, 0.05) is 5.69 Å². The van der Waals surface area contributed by atoms with Crippen molar-refractivity contribution in [3.8, 4) is 0 Å². The summed E-state index contributed by atoms with van der Waals surface area (Å²) in [4.78, 5) is 23.5. The van der Waals surface area contributed by atoms with E-state index in [1.54, 1.807) is 13.0 Å². The molecule has 0 spiro atoms. The Kier molecular flexibility index (Phi) is 4.60. The zero-order valence-electron chi connectivity index (χ0n) is 11.7. The largest absolute Gasteiger partial charge is 0.460 e. The first kappa shape index (κ1) is 14.6. The van der Waals surface area contributed by atoms with Crippen LogP contribution in [0.15, 0.2) is 24.3 Å². The van der Waals surface area contributed by atoms with Crippen LogP contribution in [-0.2, 0) is 16.1 Å². The zero-order valence-corrected chi connectivity index (χ0v) is 11.7. The molecule has 0 fully saturated rings. The van der Waals surface area contributed by atoms with Crippen molar-refractivity contribution < 1.29 is 14.3 Å². The Morgan fingerprint density at radius 3 is 2.90 bits per heavy atom. The zero-order chi connectivity index (χ0) is 15.2. The first-order valence-corrected chi connectivity index (χ1v) is 6.40. The van der Waals surface area contributed by atoms with Crippen molar-refractivity contribution in [2.75, 3.05) is 11.9 Å². The molecule has 110 valence electrons. The average Bonchev–Trinajstić information content (AvgIpc) is 2.87. The number of esters is 1. The van der Waals surface area contributed by atoms with Crippen LogP contribution in [0, 0.1) is 6.92 Å². The normalized spacial score (nSPS) is 10.2. The number of aromatic nitrogens is 4. The van der Waals surface area contributed by atoms with E-state index in [9.17, 15) is 9.59 Å². The van der Waals surface area contributed by atoms with Crippen LogP contribution in [0.25, 0.3) is 0 Å². The molecule has 0 aliphatic heterocycles. The Morgan fingerprint density at radius 1 is 1.38 bits per heavy atom. The summed E-state index contributed by atoms with van der Waals surface area (Å²) in [7, 11) is 0. The minimum atomic E-state index is -0.661. The third-order valence-electron chi connectivity index (χ3n) is 2.59. The van der Waals surface area contributed by atoms with E-state index in [1.165, 1.54) is 0 Å². The summed E-state index contributed by atoms with van der Waals surface area (Å²) in [6.45, 7) is 3.64. The summed E-state index contributed by atoms with van der Waals surface area (Å²) in [6, 6.07) is 7.38. The number of carbonyl (C=O) groups excluding carboxylic acids is 2. The first-order chi connectivity index (χ1) is 10.1. The van der Waals surface area contributed by atoms with Gasteiger partial charge in [0.25, 0.3) is 5.82 Å². The Labute approximate surface area is 121 Å². The van der Waals surface area contributed by atoms with Crippen LogP contribution in [0.5, 0.6) is 0 Å². The van der Waals surface area contributed by atoms with E-state index in [-0.39, 0.29) is 24.9 Å². The van der Waals surface area contributed by atoms with Gasteiger partial charge in [-0.15, -0.1) is 5.10 Å². The molecule has 0 aliphatic rings. The van der Waals surface area contributed by atoms with Gasteiger partial charge in [-0.05, 0) is 42.0 Å². The van der Waals surface area contributed by atoms with Crippen molar-refractivity contribution in [1.82, 2.24) is 20.2 Å². The molecule has 1 aromatic heterocycles. The van der Waals surface area contributed by atoms with Gasteiger partial charge in [-0.2, -0.15) is 0 Å². The van der Waals surface area contributed by atoms with Gasteiger partial charge >= 0.3 is 5.97 Å². The van der Waals surface area contributed by atoms with Gasteiger partial charge < -0.3 is 10.1 Å². The predicted octanol–water partition coefficient (Wildman–Crippen LogP) is 0.797. The van der Waals surface area contributed by atoms with Crippen molar-refractivity contribution in [2.24, 2.45) is 0 Å². The van der Waals surface area contributed by atoms with E-state index >= 15 is 0 Å². The van der Waals surface area contributed by atoms with E-state index < -0.39 is 5.97 Å². The Hall–Kier alpha value is -2.77. The van der Waals surface area contributed by atoms with Gasteiger partial charge in [0.2, 0.25) is 5.91 Å². The summed E-state index contributed by atoms with van der Waals surface area (Å²) in [5.74, 6) is -1.10. The second kappa shape index (κ2) is 6.60. The van der Waals surface area contributed by atoms with Crippen molar-refractivity contribution in [1.29, 1.82) is 0 Å². The molecule has 1 amide bonds. The molecular weight excluding hydrogens is 274 g/mol. The highest BCUT2D eigenvalue weighted by molar-refractivity contribution is 5.91. The Morgan fingerprint density at radius 2 is 2.19 bits per heavy atom. The standard InChI is InChI=1S/C13H15N5O3/c1-3-21-13(20)12-15-16-17-18(12)8-11(19)14-10-6-4-5-9(2)7-10/h4-7H,3,8H2,1-2H3,(H,14,19). The number of carbonyl (C=O) groups is 2. The van der Waals surface area contributed by atoms with Gasteiger partial charge in [-0.25, -0.2) is 9.48 Å². The molecule has 2 rings (SSSR count). The minimum Gasteiger partial charge on any atom is -0.460 e. The molecule has 0 atom stereocenters. The SMILES string of the molecule is CCOC(=O)c1nnnn1CC(=O)Nc1cccc(C)c1. The van der Waals surface area contributed by atoms with Crippen LogP contribution in [-0.4, -0.2) is 38.7 Å². The van der Waals surface area contributed by atoms with Gasteiger partial charge in [-0.1, -0.05) is 12.1 Å². The minimum absolute atomic E-state index is 0.101. The number of hydrogen-bond donors (Lipinski definition) is 1. The second-order valence-corrected chi connectivity index (χ2v) is 4.30. The summed E-state index contributed by atoms with van der Waals surface area (Å²) < 4.78 is 5.91. The molecule has 1 N–H and O–H groups in total. The molecule has 0 radical (unpaired) electrons. The average molecular weight is 289 g/mol. The van der Waals surface area contributed by atoms with Crippen LogP contribution < -0.4 is 5.32 Å². The summed E-state index contributed by atoms with van der Waals surface area (Å²) in [5.41, 5.74) is 1.70. The van der Waals surface area contributed by atoms with Crippen molar-refractivity contribution in [3.63, 3.8) is 0 Å². The molecule has 0 aliphatic carbocycles. The van der Waals surface area contributed by atoms with E-state index in [1.807, 2.05) is 25.1 Å². The number of benzene rings is 1. The lowest BCUT2D eigenvalue weighted by molar-refractivity contribution is -0.116. The predicted molar refractivity (Wildman–Crippen MR) is 73.6 cm³/mol. The maximum Gasteiger partial charge on any atom is 0.378 e. The molecule has 1 aromatic carbocycles. The second-order valence-electron chi connectivity index (χ2n) is 4.30. The molecule has 8 heteroatoms. The third kappa shape index (κ3) is 3.85. The van der Waals surface area contributed by atoms with Crippen LogP contribution in [0.3, 0.4) is 0 Å². The number of ether oxygens (including phenoxy) is 1. The number of anilines is 1. The van der Waals surface area contributed by atoms with Crippen LogP contribution in [0.1, 0.15) is 23.1 Å². The number of tetrazole rings is 1. The molecule has 1 heterocycles. The summed E-state index contributed by atoms with van der Waals surface area (Å²) in [5, 5.41) is 13.3. The number of aryl methyl sites for hydroxylation is 1. The smallest absolute Gasteiger partial charge is 0.378 e. The first-order valence-electron chi connectivity index (χ1n) is 6.40. The van der Waals surface area contributed by atoms with Gasteiger partial charge in [0.05, 0.1) is 6.61 Å². The highest BCUT2D eigenvalue weighted by atomic mass is 16.5. The molecule has 0 unspecified atom stereocenters. The number of nitrogens with zero attached hydrogens (tertiary/aromatic N) is 4. The van der Waals surface area contributed by atoms with Crippen LogP contribution >= 0.6 is 0 Å². The maximum atomic E-state index is 11.9. The topological polar surface area (TPSA) is 99.0 Å². The number of rotatable bonds is 5. The monoisotopic (exact) mass is 289 g/mol. The highest BCUT2D eigenvalue weighted by Gasteiger charge is 2.18. The number of hydrogen-bond acceptors (Lipinski definition) is 6. The fourth-order valence-corrected chi connectivity index (χ4v) is 1.71.